The van der Waals surface area contributed by atoms with E-state index in [0.717, 1.165) is 17.7 Å². The van der Waals surface area contributed by atoms with Crippen LogP contribution in [0.15, 0.2) is 35.7 Å². The molecule has 27 heavy (non-hydrogen) atoms. The molecule has 10 heteroatoms. The molecule has 4 rings (SSSR count). The average molecular weight is 384 g/mol. The van der Waals surface area contributed by atoms with Crippen molar-refractivity contribution in [3.63, 3.8) is 0 Å². The first-order valence-corrected chi connectivity index (χ1v) is 9.26. The van der Waals surface area contributed by atoms with Crippen molar-refractivity contribution < 1.29 is 9.72 Å². The van der Waals surface area contributed by atoms with Crippen molar-refractivity contribution in [3.05, 3.63) is 57.2 Å². The van der Waals surface area contributed by atoms with Crippen molar-refractivity contribution in [2.75, 3.05) is 5.32 Å². The quantitative estimate of drug-likeness (QED) is 0.425. The van der Waals surface area contributed by atoms with Crippen LogP contribution < -0.4 is 10.6 Å². The summed E-state index contributed by atoms with van der Waals surface area (Å²) in [6.45, 7) is 0.243. The van der Waals surface area contributed by atoms with Crippen molar-refractivity contribution in [3.8, 4) is 10.7 Å². The number of H-pyrrole nitrogens is 1. The molecular weight excluding hydrogens is 368 g/mol. The van der Waals surface area contributed by atoms with Gasteiger partial charge in [-0.25, -0.2) is 4.98 Å². The maximum atomic E-state index is 12.1. The first-order chi connectivity index (χ1) is 13.1. The van der Waals surface area contributed by atoms with Gasteiger partial charge in [0, 0.05) is 17.7 Å². The molecule has 2 heterocycles. The highest BCUT2D eigenvalue weighted by molar-refractivity contribution is 7.13. The first-order valence-electron chi connectivity index (χ1n) is 8.38. The van der Waals surface area contributed by atoms with Gasteiger partial charge in [0.1, 0.15) is 11.5 Å². The third-order valence-corrected chi connectivity index (χ3v) is 4.95. The van der Waals surface area contributed by atoms with Crippen LogP contribution in [0, 0.1) is 10.1 Å². The molecule has 0 radical (unpaired) electrons. The fourth-order valence-electron chi connectivity index (χ4n) is 2.54. The fourth-order valence-corrected chi connectivity index (χ4v) is 3.20. The van der Waals surface area contributed by atoms with Crippen molar-refractivity contribution in [2.45, 2.75) is 25.4 Å². The Balaban J connectivity index is 1.47. The van der Waals surface area contributed by atoms with Crippen molar-refractivity contribution in [1.29, 1.82) is 0 Å². The Kier molecular flexibility index (Phi) is 4.55. The number of hydrogen-bond donors (Lipinski definition) is 3. The van der Waals surface area contributed by atoms with E-state index in [1.165, 1.54) is 23.5 Å². The minimum Gasteiger partial charge on any atom is -0.372 e. The highest BCUT2D eigenvalue weighted by Gasteiger charge is 2.25. The normalized spacial score (nSPS) is 13.3. The number of carbonyl (C=O) groups excluding carboxylic acids is 1. The van der Waals surface area contributed by atoms with Gasteiger partial charge in [0.15, 0.2) is 5.82 Å². The van der Waals surface area contributed by atoms with Crippen LogP contribution in [0.2, 0.25) is 0 Å². The molecule has 1 aromatic carbocycles. The molecule has 3 aromatic rings. The molecule has 3 N–H and O–H groups in total. The van der Waals surface area contributed by atoms with Crippen molar-refractivity contribution >= 4 is 28.6 Å². The molecule has 1 aliphatic rings. The van der Waals surface area contributed by atoms with Gasteiger partial charge in [-0.1, -0.05) is 6.07 Å². The lowest BCUT2D eigenvalue weighted by atomic mass is 10.1. The van der Waals surface area contributed by atoms with E-state index in [-0.39, 0.29) is 29.7 Å². The molecule has 0 aliphatic heterocycles. The fraction of sp³-hybridized carbons (Fsp3) is 0.235. The van der Waals surface area contributed by atoms with Crippen LogP contribution in [0.1, 0.15) is 29.0 Å². The number of benzene rings is 1. The van der Waals surface area contributed by atoms with Gasteiger partial charge >= 0.3 is 0 Å². The monoisotopic (exact) mass is 384 g/mol. The summed E-state index contributed by atoms with van der Waals surface area (Å²) in [5.74, 6) is 0.856. The second kappa shape index (κ2) is 7.16. The largest absolute Gasteiger partial charge is 0.372 e. The van der Waals surface area contributed by atoms with E-state index in [2.05, 4.69) is 25.8 Å². The Bertz CT molecular complexity index is 980. The SMILES string of the molecule is O=C(NC1CC1)c1ccc(NCc2nc(-c3cccs3)n[nH]2)c([N+](=O)[O-])c1. The van der Waals surface area contributed by atoms with Crippen molar-refractivity contribution in [2.24, 2.45) is 0 Å². The van der Waals surface area contributed by atoms with Gasteiger partial charge in [0.2, 0.25) is 0 Å². The second-order valence-electron chi connectivity index (χ2n) is 6.17. The van der Waals surface area contributed by atoms with Gasteiger partial charge in [-0.3, -0.25) is 20.0 Å². The summed E-state index contributed by atoms with van der Waals surface area (Å²) in [4.78, 5) is 28.3. The third kappa shape index (κ3) is 3.95. The number of hydrogen-bond acceptors (Lipinski definition) is 7. The molecule has 0 bridgehead atoms. The van der Waals surface area contributed by atoms with Gasteiger partial charge in [-0.05, 0) is 36.4 Å². The summed E-state index contributed by atoms with van der Waals surface area (Å²) < 4.78 is 0. The summed E-state index contributed by atoms with van der Waals surface area (Å²) in [6.07, 6.45) is 1.91. The summed E-state index contributed by atoms with van der Waals surface area (Å²) in [5.41, 5.74) is 0.437. The highest BCUT2D eigenvalue weighted by atomic mass is 32.1. The van der Waals surface area contributed by atoms with Gasteiger partial charge in [0.25, 0.3) is 11.6 Å². The minimum absolute atomic E-state index is 0.156. The van der Waals surface area contributed by atoms with Gasteiger partial charge in [-0.15, -0.1) is 11.3 Å². The molecule has 1 saturated carbocycles. The first kappa shape index (κ1) is 17.2. The molecule has 138 valence electrons. The number of amides is 1. The maximum Gasteiger partial charge on any atom is 0.293 e. The smallest absolute Gasteiger partial charge is 0.293 e. The third-order valence-electron chi connectivity index (χ3n) is 4.09. The van der Waals surface area contributed by atoms with Crippen LogP contribution in [0.5, 0.6) is 0 Å². The molecule has 1 fully saturated rings. The zero-order valence-electron chi connectivity index (χ0n) is 14.1. The number of aromatic amines is 1. The van der Waals surface area contributed by atoms with E-state index in [9.17, 15) is 14.9 Å². The maximum absolute atomic E-state index is 12.1. The molecule has 0 unspecified atom stereocenters. The van der Waals surface area contributed by atoms with Gasteiger partial charge in [-0.2, -0.15) is 5.10 Å². The highest BCUT2D eigenvalue weighted by Crippen LogP contribution is 2.27. The Labute approximate surface area is 158 Å². The van der Waals surface area contributed by atoms with E-state index in [1.807, 2.05) is 17.5 Å². The lowest BCUT2D eigenvalue weighted by Gasteiger charge is -2.08. The number of aromatic nitrogens is 3. The molecule has 9 nitrogen and oxygen atoms in total. The van der Waals surface area contributed by atoms with Crippen molar-refractivity contribution in [1.82, 2.24) is 20.5 Å². The molecule has 0 spiro atoms. The van der Waals surface area contributed by atoms with Crippen LogP contribution in [-0.4, -0.2) is 32.1 Å². The lowest BCUT2D eigenvalue weighted by Crippen LogP contribution is -2.25. The van der Waals surface area contributed by atoms with Crippen LogP contribution >= 0.6 is 11.3 Å². The topological polar surface area (TPSA) is 126 Å². The zero-order valence-corrected chi connectivity index (χ0v) is 15.0. The van der Waals surface area contributed by atoms with E-state index in [4.69, 9.17) is 0 Å². The van der Waals surface area contributed by atoms with E-state index >= 15 is 0 Å². The van der Waals surface area contributed by atoms with Crippen LogP contribution in [0.3, 0.4) is 0 Å². The average Bonchev–Trinajstić information content (AvgIpc) is 3.13. The number of anilines is 1. The predicted molar refractivity (Wildman–Crippen MR) is 101 cm³/mol. The molecule has 0 atom stereocenters. The zero-order chi connectivity index (χ0) is 18.8. The summed E-state index contributed by atoms with van der Waals surface area (Å²) in [5, 5.41) is 26.1. The van der Waals surface area contributed by atoms with Crippen LogP contribution in [0.25, 0.3) is 10.7 Å². The molecule has 1 amide bonds. The van der Waals surface area contributed by atoms with Gasteiger partial charge in [0.05, 0.1) is 16.3 Å². The van der Waals surface area contributed by atoms with E-state index in [1.54, 1.807) is 6.07 Å². The van der Waals surface area contributed by atoms with Gasteiger partial charge < -0.3 is 10.6 Å². The van der Waals surface area contributed by atoms with E-state index < -0.39 is 4.92 Å². The number of nitro groups is 1. The molecule has 0 saturated heterocycles. The number of thiophene rings is 1. The van der Waals surface area contributed by atoms with Crippen LogP contribution in [0.4, 0.5) is 11.4 Å². The summed E-state index contributed by atoms with van der Waals surface area (Å²) >= 11 is 1.53. The number of nitrogens with zero attached hydrogens (tertiary/aromatic N) is 3. The predicted octanol–water partition coefficient (Wildman–Crippen LogP) is 2.95. The minimum atomic E-state index is -0.506. The number of nitro benzene ring substituents is 1. The van der Waals surface area contributed by atoms with E-state index in [0.29, 0.717) is 17.3 Å². The Morgan fingerprint density at radius 2 is 2.22 bits per heavy atom. The standard InChI is InChI=1S/C17H16N6O3S/c24-17(19-11-4-5-11)10-3-6-12(13(8-10)23(25)26)18-9-15-20-16(22-21-15)14-2-1-7-27-14/h1-3,6-8,11,18H,4-5,9H2,(H,19,24)(H,20,21,22). The Morgan fingerprint density at radius 3 is 2.93 bits per heavy atom. The second-order valence-corrected chi connectivity index (χ2v) is 7.12. The number of rotatable bonds is 7. The van der Waals surface area contributed by atoms with Crippen LogP contribution in [-0.2, 0) is 6.54 Å². The summed E-state index contributed by atoms with van der Waals surface area (Å²) in [6, 6.07) is 8.43. The molecule has 2 aromatic heterocycles. The number of nitrogens with one attached hydrogen (secondary N) is 3. The Hall–Kier alpha value is -3.27. The molecule has 1 aliphatic carbocycles. The summed E-state index contributed by atoms with van der Waals surface area (Å²) in [7, 11) is 0. The Morgan fingerprint density at radius 1 is 1.37 bits per heavy atom. The number of carbonyl (C=O) groups is 1. The lowest BCUT2D eigenvalue weighted by molar-refractivity contribution is -0.384. The molecular formula is C17H16N6O3S.